The smallest absolute Gasteiger partial charge is 0.122 e. The number of methoxy groups -OCH3 is 1. The van der Waals surface area contributed by atoms with Gasteiger partial charge in [-0.3, -0.25) is 4.98 Å². The zero-order valence-electron chi connectivity index (χ0n) is 12.7. The van der Waals surface area contributed by atoms with E-state index in [1.165, 1.54) is 5.56 Å². The monoisotopic (exact) mass is 304 g/mol. The maximum atomic E-state index is 6.01. The summed E-state index contributed by atoms with van der Waals surface area (Å²) in [6, 6.07) is 10.4. The van der Waals surface area contributed by atoms with E-state index in [4.69, 9.17) is 16.3 Å². The first-order chi connectivity index (χ1) is 10.2. The van der Waals surface area contributed by atoms with Crippen molar-refractivity contribution in [1.82, 2.24) is 4.98 Å². The lowest BCUT2D eigenvalue weighted by atomic mass is 10.0. The molecule has 2 rings (SSSR count). The van der Waals surface area contributed by atoms with E-state index >= 15 is 0 Å². The summed E-state index contributed by atoms with van der Waals surface area (Å²) in [5.41, 5.74) is 3.38. The Morgan fingerprint density at radius 3 is 2.71 bits per heavy atom. The lowest BCUT2D eigenvalue weighted by Crippen LogP contribution is -2.31. The van der Waals surface area contributed by atoms with Gasteiger partial charge in [-0.1, -0.05) is 18.2 Å². The Hall–Kier alpha value is -1.74. The highest BCUT2D eigenvalue weighted by molar-refractivity contribution is 6.17. The Bertz CT molecular complexity index is 589. The lowest BCUT2D eigenvalue weighted by Gasteiger charge is -2.29. The maximum Gasteiger partial charge on any atom is 0.122 e. The highest BCUT2D eigenvalue weighted by Gasteiger charge is 2.15. The van der Waals surface area contributed by atoms with Gasteiger partial charge < -0.3 is 9.64 Å². The van der Waals surface area contributed by atoms with Gasteiger partial charge in [-0.15, -0.1) is 11.6 Å². The van der Waals surface area contributed by atoms with Gasteiger partial charge in [0.2, 0.25) is 0 Å². The van der Waals surface area contributed by atoms with Crippen molar-refractivity contribution in [2.24, 2.45) is 0 Å². The first kappa shape index (κ1) is 15.6. The quantitative estimate of drug-likeness (QED) is 0.757. The van der Waals surface area contributed by atoms with Crippen LogP contribution in [0.5, 0.6) is 5.75 Å². The van der Waals surface area contributed by atoms with Crippen molar-refractivity contribution in [2.75, 3.05) is 19.1 Å². The molecular weight excluding hydrogens is 284 g/mol. The topological polar surface area (TPSA) is 25.4 Å². The van der Waals surface area contributed by atoms with Crippen LogP contribution in [0.25, 0.3) is 0 Å². The predicted molar refractivity (Wildman–Crippen MR) is 88.4 cm³/mol. The number of para-hydroxylation sites is 1. The number of ether oxygens (including phenoxy) is 1. The van der Waals surface area contributed by atoms with Gasteiger partial charge in [-0.2, -0.15) is 0 Å². The normalized spacial score (nSPS) is 12.0. The summed E-state index contributed by atoms with van der Waals surface area (Å²) in [5.74, 6) is 1.42. The van der Waals surface area contributed by atoms with Crippen LogP contribution >= 0.6 is 11.6 Å². The van der Waals surface area contributed by atoms with Gasteiger partial charge in [-0.25, -0.2) is 0 Å². The molecule has 0 saturated carbocycles. The summed E-state index contributed by atoms with van der Waals surface area (Å²) in [6.07, 6.45) is 4.55. The van der Waals surface area contributed by atoms with Gasteiger partial charge in [0.25, 0.3) is 0 Å². The van der Waals surface area contributed by atoms with Gasteiger partial charge in [0, 0.05) is 25.2 Å². The number of likely N-dealkylation sites (N-methyl/N-ethyl adjacent to an activating group) is 1. The number of aromatic nitrogens is 1. The Morgan fingerprint density at radius 1 is 1.24 bits per heavy atom. The van der Waals surface area contributed by atoms with Crippen LogP contribution in [0.2, 0.25) is 0 Å². The summed E-state index contributed by atoms with van der Waals surface area (Å²) in [4.78, 5) is 6.43. The van der Waals surface area contributed by atoms with Crippen LogP contribution in [-0.4, -0.2) is 25.2 Å². The van der Waals surface area contributed by atoms with Crippen LogP contribution in [0.3, 0.4) is 0 Å². The van der Waals surface area contributed by atoms with Crippen LogP contribution in [0.1, 0.15) is 18.1 Å². The van der Waals surface area contributed by atoms with E-state index in [-0.39, 0.29) is 0 Å². The van der Waals surface area contributed by atoms with E-state index < -0.39 is 0 Å². The molecule has 0 bridgehead atoms. The first-order valence-electron chi connectivity index (χ1n) is 7.01. The van der Waals surface area contributed by atoms with Gasteiger partial charge in [0.15, 0.2) is 0 Å². The lowest BCUT2D eigenvalue weighted by molar-refractivity contribution is 0.408. The minimum atomic E-state index is 0.312. The average molecular weight is 305 g/mol. The largest absolute Gasteiger partial charge is 0.496 e. The Kier molecular flexibility index (Phi) is 5.45. The fourth-order valence-corrected chi connectivity index (χ4v) is 2.64. The molecule has 1 heterocycles. The van der Waals surface area contributed by atoms with Crippen LogP contribution in [-0.2, 0) is 12.3 Å². The number of hydrogen-bond donors (Lipinski definition) is 0. The summed E-state index contributed by atoms with van der Waals surface area (Å²) >= 11 is 6.01. The highest BCUT2D eigenvalue weighted by Crippen LogP contribution is 2.25. The summed E-state index contributed by atoms with van der Waals surface area (Å²) in [5, 5.41) is 0. The molecule has 1 aromatic carbocycles. The maximum absolute atomic E-state index is 6.01. The number of hydrogen-bond acceptors (Lipinski definition) is 3. The highest BCUT2D eigenvalue weighted by atomic mass is 35.5. The molecule has 0 fully saturated rings. The molecule has 0 N–H and O–H groups in total. The number of pyridine rings is 1. The number of halogens is 1. The molecule has 3 nitrogen and oxygen atoms in total. The van der Waals surface area contributed by atoms with E-state index in [2.05, 4.69) is 29.9 Å². The summed E-state index contributed by atoms with van der Waals surface area (Å²) in [7, 11) is 3.78. The average Bonchev–Trinajstić information content (AvgIpc) is 2.54. The molecule has 4 heteroatoms. The van der Waals surface area contributed by atoms with Gasteiger partial charge in [0.1, 0.15) is 5.75 Å². The Morgan fingerprint density at radius 2 is 2.00 bits per heavy atom. The van der Waals surface area contributed by atoms with E-state index in [0.717, 1.165) is 23.4 Å². The molecule has 0 spiro atoms. The van der Waals surface area contributed by atoms with E-state index in [0.29, 0.717) is 11.9 Å². The second kappa shape index (κ2) is 7.32. The van der Waals surface area contributed by atoms with Crippen LogP contribution in [0.15, 0.2) is 42.7 Å². The fourth-order valence-electron chi connectivity index (χ4n) is 2.41. The SMILES string of the molecule is COc1ccccc1CC(C)N(C)c1cnccc1CCl. The second-order valence-corrected chi connectivity index (χ2v) is 5.38. The Balaban J connectivity index is 2.17. The number of benzene rings is 1. The summed E-state index contributed by atoms with van der Waals surface area (Å²) in [6.45, 7) is 2.19. The zero-order valence-corrected chi connectivity index (χ0v) is 13.5. The Labute approximate surface area is 131 Å². The first-order valence-corrected chi connectivity index (χ1v) is 7.54. The van der Waals surface area contributed by atoms with E-state index in [1.54, 1.807) is 13.3 Å². The van der Waals surface area contributed by atoms with Crippen LogP contribution < -0.4 is 9.64 Å². The molecule has 112 valence electrons. The van der Waals surface area contributed by atoms with Crippen molar-refractivity contribution >= 4 is 17.3 Å². The molecule has 0 aliphatic heterocycles. The molecular formula is C17H21ClN2O. The van der Waals surface area contributed by atoms with E-state index in [1.807, 2.05) is 30.5 Å². The fraction of sp³-hybridized carbons (Fsp3) is 0.353. The molecule has 0 aliphatic carbocycles. The third-order valence-electron chi connectivity index (χ3n) is 3.78. The van der Waals surface area contributed by atoms with Gasteiger partial charge in [-0.05, 0) is 36.6 Å². The zero-order chi connectivity index (χ0) is 15.2. The van der Waals surface area contributed by atoms with Crippen molar-refractivity contribution < 1.29 is 4.74 Å². The molecule has 2 aromatic rings. The molecule has 1 unspecified atom stereocenters. The van der Waals surface area contributed by atoms with Crippen molar-refractivity contribution in [3.63, 3.8) is 0 Å². The van der Waals surface area contributed by atoms with Crippen molar-refractivity contribution in [3.05, 3.63) is 53.9 Å². The van der Waals surface area contributed by atoms with Crippen LogP contribution in [0.4, 0.5) is 5.69 Å². The number of nitrogens with zero attached hydrogens (tertiary/aromatic N) is 2. The molecule has 0 radical (unpaired) electrons. The predicted octanol–water partition coefficient (Wildman–Crippen LogP) is 3.90. The van der Waals surface area contributed by atoms with Crippen molar-refractivity contribution in [2.45, 2.75) is 25.3 Å². The number of rotatable bonds is 6. The van der Waals surface area contributed by atoms with Crippen molar-refractivity contribution in [1.29, 1.82) is 0 Å². The molecule has 0 aliphatic rings. The van der Waals surface area contributed by atoms with Gasteiger partial charge in [0.05, 0.1) is 19.0 Å². The number of anilines is 1. The number of alkyl halides is 1. The molecule has 1 atom stereocenters. The minimum Gasteiger partial charge on any atom is -0.496 e. The van der Waals surface area contributed by atoms with Gasteiger partial charge >= 0.3 is 0 Å². The standard InChI is InChI=1S/C17H21ClN2O/c1-13(10-14-6-4-5-7-17(14)21-3)20(2)16-12-19-9-8-15(16)11-18/h4-9,12-13H,10-11H2,1-3H3. The molecule has 21 heavy (non-hydrogen) atoms. The van der Waals surface area contributed by atoms with E-state index in [9.17, 15) is 0 Å². The molecule has 0 saturated heterocycles. The molecule has 1 aromatic heterocycles. The minimum absolute atomic E-state index is 0.312. The third kappa shape index (κ3) is 3.67. The summed E-state index contributed by atoms with van der Waals surface area (Å²) < 4.78 is 5.42. The van der Waals surface area contributed by atoms with Crippen LogP contribution in [0, 0.1) is 0 Å². The third-order valence-corrected chi connectivity index (χ3v) is 4.07. The second-order valence-electron chi connectivity index (χ2n) is 5.11. The molecule has 0 amide bonds. The van der Waals surface area contributed by atoms with Crippen molar-refractivity contribution in [3.8, 4) is 5.75 Å².